The fraction of sp³-hybridized carbons (Fsp3) is 0.500. The molecule has 0 fully saturated rings. The average Bonchev–Trinajstić information content (AvgIpc) is 2.25. The normalized spacial score (nSPS) is 23.1. The molecule has 4 nitrogen and oxygen atoms in total. The van der Waals surface area contributed by atoms with Crippen LogP contribution in [0.4, 0.5) is 0 Å². The summed E-state index contributed by atoms with van der Waals surface area (Å²) in [6, 6.07) is 4.82. The van der Waals surface area contributed by atoms with E-state index in [-0.39, 0.29) is 17.3 Å². The maximum absolute atomic E-state index is 11.4. The fourth-order valence-electron chi connectivity index (χ4n) is 2.40. The number of benzene rings is 1. The molecule has 1 heterocycles. The van der Waals surface area contributed by atoms with Crippen molar-refractivity contribution in [2.75, 3.05) is 0 Å². The van der Waals surface area contributed by atoms with Crippen LogP contribution < -0.4 is 4.74 Å². The Balaban J connectivity index is 2.40. The van der Waals surface area contributed by atoms with Crippen LogP contribution in [-0.4, -0.2) is 22.3 Å². The van der Waals surface area contributed by atoms with Gasteiger partial charge >= 0.3 is 5.97 Å². The molecule has 0 aromatic heterocycles. The van der Waals surface area contributed by atoms with E-state index in [0.29, 0.717) is 12.2 Å². The van der Waals surface area contributed by atoms with Crippen molar-refractivity contribution in [3.63, 3.8) is 0 Å². The molecule has 0 aliphatic carbocycles. The number of fused-ring (bicyclic) bond motifs is 1. The third-order valence-corrected chi connectivity index (χ3v) is 3.27. The lowest BCUT2D eigenvalue weighted by Gasteiger charge is -2.39. The van der Waals surface area contributed by atoms with E-state index in [1.165, 1.54) is 0 Å². The molecular formula is C14H18O4. The van der Waals surface area contributed by atoms with E-state index in [9.17, 15) is 15.0 Å². The number of carboxylic acids is 1. The molecule has 2 N–H and O–H groups in total. The maximum Gasteiger partial charge on any atom is 0.310 e. The highest BCUT2D eigenvalue weighted by Crippen LogP contribution is 2.39. The molecule has 0 saturated carbocycles. The summed E-state index contributed by atoms with van der Waals surface area (Å²) in [5.41, 5.74) is 0.501. The van der Waals surface area contributed by atoms with E-state index in [2.05, 4.69) is 0 Å². The van der Waals surface area contributed by atoms with Gasteiger partial charge in [-0.25, -0.2) is 0 Å². The first kappa shape index (κ1) is 12.7. The van der Waals surface area contributed by atoms with Crippen molar-refractivity contribution in [3.05, 3.63) is 23.8 Å². The molecule has 0 spiro atoms. The lowest BCUT2D eigenvalue weighted by molar-refractivity contribution is -0.148. The van der Waals surface area contributed by atoms with Gasteiger partial charge in [-0.2, -0.15) is 0 Å². The highest BCUT2D eigenvalue weighted by molar-refractivity contribution is 5.72. The van der Waals surface area contributed by atoms with Gasteiger partial charge < -0.3 is 14.9 Å². The SMILES string of the molecule is CC(C)(C)C1Oc2ccc(O)cc2CC1C(=O)O. The lowest BCUT2D eigenvalue weighted by Crippen LogP contribution is -2.46. The van der Waals surface area contributed by atoms with Crippen molar-refractivity contribution >= 4 is 5.97 Å². The Labute approximate surface area is 106 Å². The first-order chi connectivity index (χ1) is 8.29. The van der Waals surface area contributed by atoms with Gasteiger partial charge in [0.25, 0.3) is 0 Å². The van der Waals surface area contributed by atoms with Crippen LogP contribution in [0.3, 0.4) is 0 Å². The molecule has 1 aliphatic rings. The Kier molecular flexibility index (Phi) is 2.97. The van der Waals surface area contributed by atoms with Crippen LogP contribution in [-0.2, 0) is 11.2 Å². The van der Waals surface area contributed by atoms with Crippen LogP contribution >= 0.6 is 0 Å². The quantitative estimate of drug-likeness (QED) is 0.803. The number of phenols is 1. The minimum absolute atomic E-state index is 0.135. The zero-order valence-corrected chi connectivity index (χ0v) is 10.8. The van der Waals surface area contributed by atoms with E-state index in [1.54, 1.807) is 18.2 Å². The second kappa shape index (κ2) is 4.19. The lowest BCUT2D eigenvalue weighted by atomic mass is 9.77. The van der Waals surface area contributed by atoms with E-state index in [0.717, 1.165) is 5.56 Å². The summed E-state index contributed by atoms with van der Waals surface area (Å²) in [6.45, 7) is 5.91. The summed E-state index contributed by atoms with van der Waals surface area (Å²) in [7, 11) is 0. The van der Waals surface area contributed by atoms with Crippen molar-refractivity contribution in [3.8, 4) is 11.5 Å². The van der Waals surface area contributed by atoms with Crippen LogP contribution in [0.15, 0.2) is 18.2 Å². The predicted octanol–water partition coefficient (Wildman–Crippen LogP) is 2.44. The molecule has 4 heteroatoms. The number of hydrogen-bond donors (Lipinski definition) is 2. The second-order valence-electron chi connectivity index (χ2n) is 5.85. The largest absolute Gasteiger partial charge is 0.508 e. The van der Waals surface area contributed by atoms with Crippen molar-refractivity contribution in [2.24, 2.45) is 11.3 Å². The summed E-state index contributed by atoms with van der Waals surface area (Å²) in [5, 5.41) is 18.8. The summed E-state index contributed by atoms with van der Waals surface area (Å²) >= 11 is 0. The minimum atomic E-state index is -0.857. The second-order valence-corrected chi connectivity index (χ2v) is 5.85. The van der Waals surface area contributed by atoms with Gasteiger partial charge in [0.1, 0.15) is 17.6 Å². The Morgan fingerprint density at radius 2 is 2.06 bits per heavy atom. The monoisotopic (exact) mass is 250 g/mol. The Morgan fingerprint density at radius 1 is 1.39 bits per heavy atom. The van der Waals surface area contributed by atoms with Gasteiger partial charge in [0.2, 0.25) is 0 Å². The van der Waals surface area contributed by atoms with Gasteiger partial charge in [-0.3, -0.25) is 4.79 Å². The summed E-state index contributed by atoms with van der Waals surface area (Å²) in [6.07, 6.45) is 0.0214. The van der Waals surface area contributed by atoms with Crippen LogP contribution in [0.5, 0.6) is 11.5 Å². The molecule has 0 saturated heterocycles. The fourth-order valence-corrected chi connectivity index (χ4v) is 2.40. The topological polar surface area (TPSA) is 66.8 Å². The number of rotatable bonds is 1. The molecular weight excluding hydrogens is 232 g/mol. The molecule has 1 aromatic carbocycles. The molecule has 2 atom stereocenters. The number of hydrogen-bond acceptors (Lipinski definition) is 3. The standard InChI is InChI=1S/C14H18O4/c1-14(2,3)12-10(13(16)17)7-8-6-9(15)4-5-11(8)18-12/h4-6,10,12,15H,7H2,1-3H3,(H,16,17). The van der Waals surface area contributed by atoms with Crippen molar-refractivity contribution in [2.45, 2.75) is 33.3 Å². The van der Waals surface area contributed by atoms with E-state index in [4.69, 9.17) is 4.74 Å². The van der Waals surface area contributed by atoms with Gasteiger partial charge in [-0.1, -0.05) is 20.8 Å². The van der Waals surface area contributed by atoms with Gasteiger partial charge in [0.05, 0.1) is 5.92 Å². The third kappa shape index (κ3) is 2.28. The summed E-state index contributed by atoms with van der Waals surface area (Å²) in [5.74, 6) is -0.635. The van der Waals surface area contributed by atoms with Crippen LogP contribution in [0.25, 0.3) is 0 Å². The molecule has 0 radical (unpaired) electrons. The number of ether oxygens (including phenoxy) is 1. The van der Waals surface area contributed by atoms with E-state index >= 15 is 0 Å². The number of carboxylic acid groups (broad SMARTS) is 1. The molecule has 1 aliphatic heterocycles. The predicted molar refractivity (Wildman–Crippen MR) is 66.8 cm³/mol. The zero-order valence-electron chi connectivity index (χ0n) is 10.8. The summed E-state index contributed by atoms with van der Waals surface area (Å²) < 4.78 is 5.83. The molecule has 2 rings (SSSR count). The summed E-state index contributed by atoms with van der Waals surface area (Å²) in [4.78, 5) is 11.4. The van der Waals surface area contributed by atoms with Gasteiger partial charge in [0.15, 0.2) is 0 Å². The third-order valence-electron chi connectivity index (χ3n) is 3.27. The zero-order chi connectivity index (χ0) is 13.5. The Bertz CT molecular complexity index is 473. The molecule has 18 heavy (non-hydrogen) atoms. The number of carbonyl (C=O) groups is 1. The minimum Gasteiger partial charge on any atom is -0.508 e. The average molecular weight is 250 g/mol. The smallest absolute Gasteiger partial charge is 0.310 e. The Hall–Kier alpha value is -1.71. The van der Waals surface area contributed by atoms with Crippen molar-refractivity contribution in [1.82, 2.24) is 0 Å². The van der Waals surface area contributed by atoms with Crippen molar-refractivity contribution in [1.29, 1.82) is 0 Å². The molecule has 0 bridgehead atoms. The first-order valence-electron chi connectivity index (χ1n) is 6.00. The molecule has 1 aromatic rings. The van der Waals surface area contributed by atoms with Crippen molar-refractivity contribution < 1.29 is 19.7 Å². The van der Waals surface area contributed by atoms with E-state index in [1.807, 2.05) is 20.8 Å². The van der Waals surface area contributed by atoms with E-state index < -0.39 is 11.9 Å². The number of aliphatic carboxylic acids is 1. The highest BCUT2D eigenvalue weighted by atomic mass is 16.5. The highest BCUT2D eigenvalue weighted by Gasteiger charge is 2.42. The number of phenolic OH excluding ortho intramolecular Hbond substituents is 1. The van der Waals surface area contributed by atoms with Crippen LogP contribution in [0.1, 0.15) is 26.3 Å². The molecule has 2 unspecified atom stereocenters. The first-order valence-corrected chi connectivity index (χ1v) is 6.00. The maximum atomic E-state index is 11.4. The van der Waals surface area contributed by atoms with Crippen LogP contribution in [0, 0.1) is 11.3 Å². The van der Waals surface area contributed by atoms with Crippen LogP contribution in [0.2, 0.25) is 0 Å². The van der Waals surface area contributed by atoms with Gasteiger partial charge in [-0.05, 0) is 35.6 Å². The molecule has 0 amide bonds. The van der Waals surface area contributed by atoms with Gasteiger partial charge in [-0.15, -0.1) is 0 Å². The van der Waals surface area contributed by atoms with Gasteiger partial charge in [0, 0.05) is 0 Å². The molecule has 98 valence electrons. The number of aromatic hydroxyl groups is 1. The Morgan fingerprint density at radius 3 is 2.61 bits per heavy atom.